The summed E-state index contributed by atoms with van der Waals surface area (Å²) < 4.78 is 5.55. The molecule has 6 nitrogen and oxygen atoms in total. The number of benzene rings is 1. The highest BCUT2D eigenvalue weighted by Gasteiger charge is 2.28. The van der Waals surface area contributed by atoms with Crippen LogP contribution in [0.1, 0.15) is 37.7 Å². The highest BCUT2D eigenvalue weighted by atomic mass is 16.5. The summed E-state index contributed by atoms with van der Waals surface area (Å²) >= 11 is 0. The maximum atomic E-state index is 5.55. The van der Waals surface area contributed by atoms with Gasteiger partial charge in [0.2, 0.25) is 0 Å². The van der Waals surface area contributed by atoms with Crippen molar-refractivity contribution >= 4 is 16.9 Å². The van der Waals surface area contributed by atoms with Crippen LogP contribution < -0.4 is 4.90 Å². The number of aromatic nitrogens is 3. The number of rotatable bonds is 3. The van der Waals surface area contributed by atoms with Crippen molar-refractivity contribution < 1.29 is 4.52 Å². The number of likely N-dealkylation sites (tertiary alicyclic amines) is 1. The van der Waals surface area contributed by atoms with E-state index < -0.39 is 0 Å². The molecule has 1 aromatic carbocycles. The van der Waals surface area contributed by atoms with Crippen molar-refractivity contribution in [2.45, 2.75) is 45.1 Å². The second-order valence-electron chi connectivity index (χ2n) is 8.09. The molecule has 0 N–H and O–H groups in total. The zero-order chi connectivity index (χ0) is 18.9. The molecule has 2 aliphatic heterocycles. The highest BCUT2D eigenvalue weighted by molar-refractivity contribution is 5.97. The summed E-state index contributed by atoms with van der Waals surface area (Å²) in [7, 11) is 0. The Morgan fingerprint density at radius 2 is 1.68 bits per heavy atom. The average Bonchev–Trinajstić information content (AvgIpc) is 3.19. The lowest BCUT2D eigenvalue weighted by molar-refractivity contribution is 0.141. The van der Waals surface area contributed by atoms with E-state index in [-0.39, 0.29) is 0 Å². The van der Waals surface area contributed by atoms with Crippen molar-refractivity contribution in [3.63, 3.8) is 0 Å². The van der Waals surface area contributed by atoms with Gasteiger partial charge in [0.05, 0.1) is 0 Å². The normalized spacial score (nSPS) is 19.4. The SMILES string of the molecule is Cc1ccc(-c2noc3ncnc(N4CCC(N5CCCCC5)CC4)c23)cc1. The van der Waals surface area contributed by atoms with Crippen molar-refractivity contribution in [3.05, 3.63) is 36.2 Å². The molecule has 0 amide bonds. The number of anilines is 1. The molecule has 2 aromatic heterocycles. The van der Waals surface area contributed by atoms with E-state index in [0.29, 0.717) is 11.8 Å². The van der Waals surface area contributed by atoms with Crippen LogP contribution in [0.25, 0.3) is 22.4 Å². The van der Waals surface area contributed by atoms with E-state index in [2.05, 4.69) is 56.1 Å². The molecule has 0 bridgehead atoms. The largest absolute Gasteiger partial charge is 0.356 e. The predicted molar refractivity (Wildman–Crippen MR) is 110 cm³/mol. The fraction of sp³-hybridized carbons (Fsp3) is 0.500. The number of piperidine rings is 2. The topological polar surface area (TPSA) is 58.3 Å². The van der Waals surface area contributed by atoms with Crippen molar-refractivity contribution in [2.75, 3.05) is 31.1 Å². The molecule has 6 heteroatoms. The molecular weight excluding hydrogens is 350 g/mol. The van der Waals surface area contributed by atoms with Crippen LogP contribution in [0, 0.1) is 6.92 Å². The molecule has 3 aromatic rings. The lowest BCUT2D eigenvalue weighted by Crippen LogP contribution is -2.47. The Morgan fingerprint density at radius 3 is 2.43 bits per heavy atom. The van der Waals surface area contributed by atoms with E-state index in [9.17, 15) is 0 Å². The first-order chi connectivity index (χ1) is 13.8. The van der Waals surface area contributed by atoms with Gasteiger partial charge in [0, 0.05) is 24.7 Å². The first kappa shape index (κ1) is 17.6. The molecule has 5 rings (SSSR count). The molecule has 28 heavy (non-hydrogen) atoms. The molecule has 0 saturated carbocycles. The Balaban J connectivity index is 1.42. The van der Waals surface area contributed by atoms with Gasteiger partial charge in [-0.15, -0.1) is 0 Å². The maximum absolute atomic E-state index is 5.55. The number of hydrogen-bond donors (Lipinski definition) is 0. The molecule has 0 spiro atoms. The Labute approximate surface area is 165 Å². The van der Waals surface area contributed by atoms with Gasteiger partial charge in [-0.2, -0.15) is 4.98 Å². The number of nitrogens with zero attached hydrogens (tertiary/aromatic N) is 5. The molecule has 146 valence electrons. The zero-order valence-electron chi connectivity index (χ0n) is 16.5. The smallest absolute Gasteiger partial charge is 0.263 e. The van der Waals surface area contributed by atoms with Gasteiger partial charge < -0.3 is 14.3 Å². The van der Waals surface area contributed by atoms with Crippen LogP contribution in [0.5, 0.6) is 0 Å². The first-order valence-electron chi connectivity index (χ1n) is 10.5. The molecule has 0 radical (unpaired) electrons. The van der Waals surface area contributed by atoms with E-state index in [1.54, 1.807) is 6.33 Å². The van der Waals surface area contributed by atoms with Gasteiger partial charge in [0.25, 0.3) is 5.71 Å². The molecular formula is C22H27N5O. The van der Waals surface area contributed by atoms with E-state index in [1.807, 2.05) is 0 Å². The lowest BCUT2D eigenvalue weighted by Gasteiger charge is -2.40. The Hall–Kier alpha value is -2.47. The number of aryl methyl sites for hydroxylation is 1. The van der Waals surface area contributed by atoms with Gasteiger partial charge in [-0.25, -0.2) is 4.98 Å². The van der Waals surface area contributed by atoms with Crippen LogP contribution >= 0.6 is 0 Å². The van der Waals surface area contributed by atoms with Crippen LogP contribution in [0.4, 0.5) is 5.82 Å². The second-order valence-corrected chi connectivity index (χ2v) is 8.09. The maximum Gasteiger partial charge on any atom is 0.263 e. The second kappa shape index (κ2) is 7.51. The monoisotopic (exact) mass is 377 g/mol. The van der Waals surface area contributed by atoms with Crippen molar-refractivity contribution in [3.8, 4) is 11.3 Å². The van der Waals surface area contributed by atoms with Crippen LogP contribution in [-0.4, -0.2) is 52.2 Å². The van der Waals surface area contributed by atoms with Gasteiger partial charge >= 0.3 is 0 Å². The quantitative estimate of drug-likeness (QED) is 0.686. The van der Waals surface area contributed by atoms with Gasteiger partial charge in [-0.3, -0.25) is 0 Å². The van der Waals surface area contributed by atoms with Crippen LogP contribution in [-0.2, 0) is 0 Å². The average molecular weight is 377 g/mol. The van der Waals surface area contributed by atoms with Crippen LogP contribution in [0.15, 0.2) is 35.1 Å². The summed E-state index contributed by atoms with van der Waals surface area (Å²) in [5.74, 6) is 0.957. The molecule has 4 heterocycles. The molecule has 0 atom stereocenters. The summed E-state index contributed by atoms with van der Waals surface area (Å²) in [6.45, 7) is 6.67. The molecule has 2 fully saturated rings. The van der Waals surface area contributed by atoms with Crippen LogP contribution in [0.3, 0.4) is 0 Å². The van der Waals surface area contributed by atoms with Gasteiger partial charge in [-0.05, 0) is 45.7 Å². The number of hydrogen-bond acceptors (Lipinski definition) is 6. The van der Waals surface area contributed by atoms with Crippen molar-refractivity contribution in [1.82, 2.24) is 20.0 Å². The summed E-state index contributed by atoms with van der Waals surface area (Å²) in [6.07, 6.45) is 8.08. The minimum Gasteiger partial charge on any atom is -0.356 e. The summed E-state index contributed by atoms with van der Waals surface area (Å²) in [5.41, 5.74) is 3.68. The van der Waals surface area contributed by atoms with Crippen LogP contribution in [0.2, 0.25) is 0 Å². The third kappa shape index (κ3) is 3.26. The Kier molecular flexibility index (Phi) is 4.72. The fourth-order valence-electron chi connectivity index (χ4n) is 4.65. The minimum atomic E-state index is 0.568. The standard InChI is InChI=1S/C22H27N5O/c1-16-5-7-17(8-6-16)20-19-21(23-15-24-22(19)28-25-20)27-13-9-18(10-14-27)26-11-3-2-4-12-26/h5-8,15,18H,2-4,9-14H2,1H3. The van der Waals surface area contributed by atoms with Gasteiger partial charge in [-0.1, -0.05) is 41.4 Å². The molecule has 2 saturated heterocycles. The van der Waals surface area contributed by atoms with Crippen molar-refractivity contribution in [2.24, 2.45) is 0 Å². The summed E-state index contributed by atoms with van der Waals surface area (Å²) in [6, 6.07) is 9.10. The van der Waals surface area contributed by atoms with Gasteiger partial charge in [0.1, 0.15) is 23.2 Å². The van der Waals surface area contributed by atoms with E-state index in [4.69, 9.17) is 4.52 Å². The summed E-state index contributed by atoms with van der Waals surface area (Å²) in [4.78, 5) is 14.0. The predicted octanol–water partition coefficient (Wildman–Crippen LogP) is 4.05. The molecule has 2 aliphatic rings. The van der Waals surface area contributed by atoms with E-state index >= 15 is 0 Å². The lowest BCUT2D eigenvalue weighted by atomic mass is 9.99. The Morgan fingerprint density at radius 1 is 0.929 bits per heavy atom. The Bertz CT molecular complexity index is 937. The van der Waals surface area contributed by atoms with E-state index in [0.717, 1.165) is 35.6 Å². The third-order valence-corrected chi connectivity index (χ3v) is 6.25. The molecule has 0 unspecified atom stereocenters. The molecule has 0 aliphatic carbocycles. The number of fused-ring (bicyclic) bond motifs is 1. The minimum absolute atomic E-state index is 0.568. The zero-order valence-corrected chi connectivity index (χ0v) is 16.5. The third-order valence-electron chi connectivity index (χ3n) is 6.25. The summed E-state index contributed by atoms with van der Waals surface area (Å²) in [5, 5.41) is 5.26. The van der Waals surface area contributed by atoms with Crippen molar-refractivity contribution in [1.29, 1.82) is 0 Å². The first-order valence-corrected chi connectivity index (χ1v) is 10.5. The fourth-order valence-corrected chi connectivity index (χ4v) is 4.65. The van der Waals surface area contributed by atoms with Gasteiger partial charge in [0.15, 0.2) is 0 Å². The van der Waals surface area contributed by atoms with E-state index in [1.165, 1.54) is 50.8 Å². The highest BCUT2D eigenvalue weighted by Crippen LogP contribution is 2.34.